The molecule has 0 aliphatic carbocycles. The van der Waals surface area contributed by atoms with Crippen LogP contribution in [-0.4, -0.2) is 21.1 Å². The minimum Gasteiger partial charge on any atom is -0.508 e. The number of ether oxygens (including phenoxy) is 1. The Morgan fingerprint density at radius 3 is 2.43 bits per heavy atom. The lowest BCUT2D eigenvalue weighted by Crippen LogP contribution is -2.22. The van der Waals surface area contributed by atoms with Gasteiger partial charge in [-0.1, -0.05) is 0 Å². The van der Waals surface area contributed by atoms with Crippen molar-refractivity contribution < 1.29 is 24.7 Å². The second-order valence-electron chi connectivity index (χ2n) is 6.25. The number of hydrogen-bond donors (Lipinski definition) is 2. The molecule has 0 bridgehead atoms. The number of carbonyl (C=O) groups excluding carboxylic acids is 1. The van der Waals surface area contributed by atoms with Gasteiger partial charge in [-0.25, -0.2) is 0 Å². The van der Waals surface area contributed by atoms with E-state index >= 15 is 0 Å². The lowest BCUT2D eigenvalue weighted by atomic mass is 9.97. The van der Waals surface area contributed by atoms with E-state index in [1.54, 1.807) is 20.8 Å². The summed E-state index contributed by atoms with van der Waals surface area (Å²) in [5.41, 5.74) is -0.801. The van der Waals surface area contributed by atoms with Gasteiger partial charge >= 0.3 is 5.97 Å². The van der Waals surface area contributed by atoms with E-state index in [0.29, 0.717) is 10.8 Å². The van der Waals surface area contributed by atoms with Gasteiger partial charge in [0.25, 0.3) is 5.69 Å². The minimum absolute atomic E-state index is 0.168. The van der Waals surface area contributed by atoms with E-state index in [2.05, 4.69) is 0 Å². The molecule has 23 heavy (non-hydrogen) atoms. The fraction of sp³-hybridized carbons (Fsp3) is 0.312. The molecule has 2 N–H and O–H groups in total. The molecule has 0 aliphatic rings. The van der Waals surface area contributed by atoms with Gasteiger partial charge in [0.1, 0.15) is 18.1 Å². The fourth-order valence-corrected chi connectivity index (χ4v) is 2.05. The van der Waals surface area contributed by atoms with E-state index in [9.17, 15) is 25.1 Å². The van der Waals surface area contributed by atoms with Crippen LogP contribution in [-0.2, 0) is 16.1 Å². The number of hydrogen-bond acceptors (Lipinski definition) is 6. The highest BCUT2D eigenvalue weighted by Crippen LogP contribution is 2.35. The molecule has 0 heterocycles. The number of aromatic hydroxyl groups is 2. The molecule has 0 spiro atoms. The average molecular weight is 319 g/mol. The summed E-state index contributed by atoms with van der Waals surface area (Å²) in [6.07, 6.45) is 0. The highest BCUT2D eigenvalue weighted by atomic mass is 16.6. The first-order valence-corrected chi connectivity index (χ1v) is 6.90. The van der Waals surface area contributed by atoms with E-state index in [1.807, 2.05) is 0 Å². The Kier molecular flexibility index (Phi) is 4.14. The molecule has 7 nitrogen and oxygen atoms in total. The van der Waals surface area contributed by atoms with Crippen molar-refractivity contribution in [1.82, 2.24) is 0 Å². The van der Waals surface area contributed by atoms with Crippen LogP contribution in [0.5, 0.6) is 11.5 Å². The monoisotopic (exact) mass is 319 g/mol. The molecule has 0 radical (unpaired) electrons. The normalized spacial score (nSPS) is 11.4. The molecule has 0 aromatic heterocycles. The van der Waals surface area contributed by atoms with Crippen molar-refractivity contribution in [2.75, 3.05) is 0 Å². The predicted octanol–water partition coefficient (Wildman–Crippen LogP) is 3.25. The Hall–Kier alpha value is -2.83. The average Bonchev–Trinajstić information content (AvgIpc) is 2.42. The SMILES string of the molecule is CC(C)(C)C(=O)OCc1cc2c(O)cc(O)cc2cc1[N+](=O)[O-]. The molecule has 0 atom stereocenters. The molecule has 2 rings (SSSR count). The number of nitro benzene ring substituents is 1. The van der Waals surface area contributed by atoms with E-state index in [-0.39, 0.29) is 29.4 Å². The van der Waals surface area contributed by atoms with E-state index in [0.717, 1.165) is 6.07 Å². The minimum atomic E-state index is -0.723. The summed E-state index contributed by atoms with van der Waals surface area (Å²) < 4.78 is 5.12. The number of fused-ring (bicyclic) bond motifs is 1. The maximum Gasteiger partial charge on any atom is 0.311 e. The first-order chi connectivity index (χ1) is 10.6. The van der Waals surface area contributed by atoms with Crippen molar-refractivity contribution in [3.63, 3.8) is 0 Å². The Morgan fingerprint density at radius 2 is 1.87 bits per heavy atom. The largest absolute Gasteiger partial charge is 0.508 e. The van der Waals surface area contributed by atoms with Gasteiger partial charge < -0.3 is 14.9 Å². The molecule has 0 amide bonds. The van der Waals surface area contributed by atoms with Crippen molar-refractivity contribution in [1.29, 1.82) is 0 Å². The van der Waals surface area contributed by atoms with Gasteiger partial charge in [0.2, 0.25) is 0 Å². The third-order valence-electron chi connectivity index (χ3n) is 3.28. The highest BCUT2D eigenvalue weighted by molar-refractivity contribution is 5.92. The molecular weight excluding hydrogens is 302 g/mol. The van der Waals surface area contributed by atoms with Gasteiger partial charge in [0.15, 0.2) is 0 Å². The Labute approximate surface area is 132 Å². The third-order valence-corrected chi connectivity index (χ3v) is 3.28. The second kappa shape index (κ2) is 5.75. The second-order valence-corrected chi connectivity index (χ2v) is 6.25. The number of benzene rings is 2. The van der Waals surface area contributed by atoms with Crippen LogP contribution in [0.1, 0.15) is 26.3 Å². The van der Waals surface area contributed by atoms with Crippen molar-refractivity contribution in [3.8, 4) is 11.5 Å². The number of nitrogens with zero attached hydrogens (tertiary/aromatic N) is 1. The summed E-state index contributed by atoms with van der Waals surface area (Å²) >= 11 is 0. The first-order valence-electron chi connectivity index (χ1n) is 6.90. The van der Waals surface area contributed by atoms with Crippen LogP contribution in [0.25, 0.3) is 10.8 Å². The van der Waals surface area contributed by atoms with Crippen LogP contribution >= 0.6 is 0 Å². The molecule has 2 aromatic rings. The Morgan fingerprint density at radius 1 is 1.22 bits per heavy atom. The van der Waals surface area contributed by atoms with Crippen molar-refractivity contribution in [3.05, 3.63) is 39.9 Å². The molecule has 122 valence electrons. The number of carbonyl (C=O) groups is 1. The van der Waals surface area contributed by atoms with Crippen molar-refractivity contribution in [2.45, 2.75) is 27.4 Å². The maximum absolute atomic E-state index is 11.8. The highest BCUT2D eigenvalue weighted by Gasteiger charge is 2.25. The van der Waals surface area contributed by atoms with E-state index < -0.39 is 16.3 Å². The molecule has 0 saturated carbocycles. The van der Waals surface area contributed by atoms with Crippen LogP contribution < -0.4 is 0 Å². The van der Waals surface area contributed by atoms with Crippen LogP contribution in [0.3, 0.4) is 0 Å². The number of nitro groups is 1. The molecule has 2 aromatic carbocycles. The van der Waals surface area contributed by atoms with E-state index in [1.165, 1.54) is 18.2 Å². The molecular formula is C16H17NO6. The van der Waals surface area contributed by atoms with Crippen LogP contribution in [0.2, 0.25) is 0 Å². The van der Waals surface area contributed by atoms with Gasteiger partial charge in [-0.2, -0.15) is 0 Å². The predicted molar refractivity (Wildman–Crippen MR) is 83.2 cm³/mol. The lowest BCUT2D eigenvalue weighted by molar-refractivity contribution is -0.385. The Balaban J connectivity index is 2.47. The van der Waals surface area contributed by atoms with Crippen LogP contribution in [0, 0.1) is 15.5 Å². The number of esters is 1. The molecule has 0 unspecified atom stereocenters. The standard InChI is InChI=1S/C16H17NO6/c1-16(2,3)15(20)23-8-10-5-12-9(6-13(10)17(21)22)4-11(18)7-14(12)19/h4-7,18-19H,8H2,1-3H3. The topological polar surface area (TPSA) is 110 Å². The number of phenolic OH excluding ortho intramolecular Hbond substituents is 2. The van der Waals surface area contributed by atoms with Gasteiger partial charge in [-0.05, 0) is 38.3 Å². The zero-order valence-corrected chi connectivity index (χ0v) is 13.0. The molecule has 0 fully saturated rings. The molecule has 0 saturated heterocycles. The summed E-state index contributed by atoms with van der Waals surface area (Å²) in [5.74, 6) is -0.892. The number of phenols is 2. The number of rotatable bonds is 3. The summed E-state index contributed by atoms with van der Waals surface area (Å²) in [5, 5.41) is 31.2. The zero-order chi connectivity index (χ0) is 17.4. The van der Waals surface area contributed by atoms with E-state index in [4.69, 9.17) is 4.74 Å². The first kappa shape index (κ1) is 16.5. The van der Waals surface area contributed by atoms with Crippen molar-refractivity contribution >= 4 is 22.4 Å². The summed E-state index contributed by atoms with van der Waals surface area (Å²) in [6.45, 7) is 4.76. The summed E-state index contributed by atoms with van der Waals surface area (Å²) in [6, 6.07) is 5.07. The lowest BCUT2D eigenvalue weighted by Gasteiger charge is -2.16. The van der Waals surface area contributed by atoms with Crippen molar-refractivity contribution in [2.24, 2.45) is 5.41 Å². The molecule has 7 heteroatoms. The summed E-state index contributed by atoms with van der Waals surface area (Å²) in [4.78, 5) is 22.4. The maximum atomic E-state index is 11.8. The molecule has 0 aliphatic heterocycles. The van der Waals surface area contributed by atoms with Crippen LogP contribution in [0.4, 0.5) is 5.69 Å². The third kappa shape index (κ3) is 3.50. The van der Waals surface area contributed by atoms with Gasteiger partial charge in [-0.15, -0.1) is 0 Å². The van der Waals surface area contributed by atoms with Gasteiger partial charge in [0.05, 0.1) is 15.9 Å². The van der Waals surface area contributed by atoms with Crippen LogP contribution in [0.15, 0.2) is 24.3 Å². The van der Waals surface area contributed by atoms with Gasteiger partial charge in [0, 0.05) is 17.5 Å². The zero-order valence-electron chi connectivity index (χ0n) is 13.0. The van der Waals surface area contributed by atoms with Gasteiger partial charge in [-0.3, -0.25) is 14.9 Å². The smallest absolute Gasteiger partial charge is 0.311 e. The Bertz CT molecular complexity index is 791. The quantitative estimate of drug-likeness (QED) is 0.510. The summed E-state index contributed by atoms with van der Waals surface area (Å²) in [7, 11) is 0. The fourth-order valence-electron chi connectivity index (χ4n) is 2.05.